The van der Waals surface area contributed by atoms with Crippen LogP contribution in [0.1, 0.15) is 16.7 Å². The molecular formula is C19H15BrN2O3S. The van der Waals surface area contributed by atoms with Crippen LogP contribution in [0, 0.1) is 6.92 Å². The van der Waals surface area contributed by atoms with E-state index >= 15 is 0 Å². The van der Waals surface area contributed by atoms with E-state index in [-0.39, 0.29) is 10.7 Å². The van der Waals surface area contributed by atoms with Gasteiger partial charge in [0.25, 0.3) is 11.8 Å². The Balaban J connectivity index is 1.74. The van der Waals surface area contributed by atoms with Crippen molar-refractivity contribution >= 4 is 51.2 Å². The van der Waals surface area contributed by atoms with Gasteiger partial charge in [0.05, 0.1) is 4.47 Å². The second-order valence-corrected chi connectivity index (χ2v) is 7.02. The molecule has 1 aliphatic rings. The van der Waals surface area contributed by atoms with Crippen LogP contribution in [0.15, 0.2) is 52.5 Å². The van der Waals surface area contributed by atoms with Crippen molar-refractivity contribution in [2.24, 2.45) is 0 Å². The van der Waals surface area contributed by atoms with Crippen LogP contribution in [0.25, 0.3) is 6.08 Å². The second kappa shape index (κ2) is 7.80. The maximum atomic E-state index is 11.9. The molecule has 3 rings (SSSR count). The van der Waals surface area contributed by atoms with E-state index in [1.54, 1.807) is 18.2 Å². The van der Waals surface area contributed by atoms with E-state index < -0.39 is 11.8 Å². The molecule has 2 aromatic carbocycles. The third-order valence-electron chi connectivity index (χ3n) is 3.73. The Hall–Kier alpha value is -2.51. The number of aryl methyl sites for hydroxylation is 1. The second-order valence-electron chi connectivity index (χ2n) is 5.76. The predicted octanol–water partition coefficient (Wildman–Crippen LogP) is 3.25. The minimum absolute atomic E-state index is 0.00109. The van der Waals surface area contributed by atoms with Gasteiger partial charge in [-0.15, -0.1) is 0 Å². The van der Waals surface area contributed by atoms with Crippen molar-refractivity contribution in [2.45, 2.75) is 13.5 Å². The Kier molecular flexibility index (Phi) is 5.49. The Morgan fingerprint density at radius 2 is 1.73 bits per heavy atom. The van der Waals surface area contributed by atoms with Crippen molar-refractivity contribution < 1.29 is 14.3 Å². The molecule has 0 saturated carbocycles. The average molecular weight is 431 g/mol. The lowest BCUT2D eigenvalue weighted by Gasteiger charge is -2.16. The Morgan fingerprint density at radius 3 is 2.35 bits per heavy atom. The molecule has 0 bridgehead atoms. The summed E-state index contributed by atoms with van der Waals surface area (Å²) in [6.45, 7) is 2.48. The van der Waals surface area contributed by atoms with Crippen molar-refractivity contribution in [1.82, 2.24) is 10.6 Å². The van der Waals surface area contributed by atoms with Gasteiger partial charge in [0.15, 0.2) is 5.11 Å². The van der Waals surface area contributed by atoms with Crippen molar-refractivity contribution in [2.75, 3.05) is 0 Å². The standard InChI is InChI=1S/C19H15BrN2O3S/c1-11-2-4-12(5-3-11)10-25-16-7-6-13(9-15(16)20)8-14-17(23)21-19(26)22-18(14)24/h2-9H,10H2,1H3,(H2,21,22,23,24,26). The molecule has 1 fully saturated rings. The maximum Gasteiger partial charge on any atom is 0.263 e. The number of amides is 2. The number of carbonyl (C=O) groups excluding carboxylic acids is 2. The van der Waals surface area contributed by atoms with Crippen LogP contribution in [0.5, 0.6) is 5.75 Å². The summed E-state index contributed by atoms with van der Waals surface area (Å²) in [7, 11) is 0. The first-order valence-electron chi connectivity index (χ1n) is 7.78. The quantitative estimate of drug-likeness (QED) is 0.443. The van der Waals surface area contributed by atoms with Gasteiger partial charge < -0.3 is 4.74 Å². The number of rotatable bonds is 4. The van der Waals surface area contributed by atoms with E-state index in [0.717, 1.165) is 10.0 Å². The van der Waals surface area contributed by atoms with Crippen molar-refractivity contribution in [3.63, 3.8) is 0 Å². The van der Waals surface area contributed by atoms with Gasteiger partial charge in [0, 0.05) is 0 Å². The van der Waals surface area contributed by atoms with Crippen LogP contribution < -0.4 is 15.4 Å². The van der Waals surface area contributed by atoms with Crippen LogP contribution in [-0.4, -0.2) is 16.9 Å². The molecule has 7 heteroatoms. The smallest absolute Gasteiger partial charge is 0.263 e. The fourth-order valence-electron chi connectivity index (χ4n) is 2.34. The molecule has 1 saturated heterocycles. The van der Waals surface area contributed by atoms with Gasteiger partial charge in [-0.25, -0.2) is 0 Å². The number of nitrogens with one attached hydrogen (secondary N) is 2. The summed E-state index contributed by atoms with van der Waals surface area (Å²) in [5.41, 5.74) is 2.95. The van der Waals surface area contributed by atoms with Crippen LogP contribution in [0.3, 0.4) is 0 Å². The molecule has 0 atom stereocenters. The molecule has 2 amide bonds. The highest BCUT2D eigenvalue weighted by Crippen LogP contribution is 2.28. The lowest BCUT2D eigenvalue weighted by atomic mass is 10.1. The highest BCUT2D eigenvalue weighted by molar-refractivity contribution is 9.10. The summed E-state index contributed by atoms with van der Waals surface area (Å²) in [5, 5.41) is 4.82. The van der Waals surface area contributed by atoms with Crippen molar-refractivity contribution in [1.29, 1.82) is 0 Å². The lowest BCUT2D eigenvalue weighted by Crippen LogP contribution is -2.51. The fraction of sp³-hybridized carbons (Fsp3) is 0.105. The van der Waals surface area contributed by atoms with E-state index in [1.165, 1.54) is 11.6 Å². The van der Waals surface area contributed by atoms with Gasteiger partial charge in [0.1, 0.15) is 17.9 Å². The molecule has 5 nitrogen and oxygen atoms in total. The topological polar surface area (TPSA) is 67.4 Å². The van der Waals surface area contributed by atoms with E-state index in [0.29, 0.717) is 17.9 Å². The van der Waals surface area contributed by atoms with Gasteiger partial charge in [-0.2, -0.15) is 0 Å². The molecule has 0 aromatic heterocycles. The molecular weight excluding hydrogens is 416 g/mol. The van der Waals surface area contributed by atoms with Crippen LogP contribution in [-0.2, 0) is 16.2 Å². The first kappa shape index (κ1) is 18.3. The largest absolute Gasteiger partial charge is 0.488 e. The van der Waals surface area contributed by atoms with Crippen molar-refractivity contribution in [3.8, 4) is 5.75 Å². The Bertz CT molecular complexity index is 901. The van der Waals surface area contributed by atoms with E-state index in [1.807, 2.05) is 31.2 Å². The minimum atomic E-state index is -0.519. The monoisotopic (exact) mass is 430 g/mol. The summed E-state index contributed by atoms with van der Waals surface area (Å²) >= 11 is 8.24. The van der Waals surface area contributed by atoms with E-state index in [9.17, 15) is 9.59 Å². The first-order chi connectivity index (χ1) is 12.4. The number of halogens is 1. The summed E-state index contributed by atoms with van der Waals surface area (Å²) in [5.74, 6) is -0.365. The first-order valence-corrected chi connectivity index (χ1v) is 8.99. The molecule has 0 radical (unpaired) electrons. The van der Waals surface area contributed by atoms with Crippen LogP contribution in [0.4, 0.5) is 0 Å². The van der Waals surface area contributed by atoms with Gasteiger partial charge >= 0.3 is 0 Å². The third-order valence-corrected chi connectivity index (χ3v) is 4.55. The molecule has 2 aromatic rings. The molecule has 0 aliphatic carbocycles. The number of carbonyl (C=O) groups is 2. The van der Waals surface area contributed by atoms with Crippen molar-refractivity contribution in [3.05, 3.63) is 69.2 Å². The number of hydrogen-bond donors (Lipinski definition) is 2. The summed E-state index contributed by atoms with van der Waals surface area (Å²) in [6.07, 6.45) is 1.50. The average Bonchev–Trinajstić information content (AvgIpc) is 2.59. The molecule has 26 heavy (non-hydrogen) atoms. The molecule has 1 aliphatic heterocycles. The number of benzene rings is 2. The molecule has 1 heterocycles. The normalized spacial score (nSPS) is 13.9. The number of thiocarbonyl (C=S) groups is 1. The molecule has 132 valence electrons. The summed E-state index contributed by atoms with van der Waals surface area (Å²) < 4.78 is 6.55. The fourth-order valence-corrected chi connectivity index (χ4v) is 3.04. The van der Waals surface area contributed by atoms with Gasteiger partial charge in [0.2, 0.25) is 0 Å². The SMILES string of the molecule is Cc1ccc(COc2ccc(C=C3C(=O)NC(=S)NC3=O)cc2Br)cc1. The van der Waals surface area contributed by atoms with Gasteiger partial charge in [-0.1, -0.05) is 35.9 Å². The highest BCUT2D eigenvalue weighted by Gasteiger charge is 2.25. The maximum absolute atomic E-state index is 11.9. The zero-order chi connectivity index (χ0) is 18.7. The summed E-state index contributed by atoms with van der Waals surface area (Å²) in [6, 6.07) is 13.5. The number of hydrogen-bond acceptors (Lipinski definition) is 4. The molecule has 0 unspecified atom stereocenters. The molecule has 2 N–H and O–H groups in total. The zero-order valence-electron chi connectivity index (χ0n) is 13.8. The highest BCUT2D eigenvalue weighted by atomic mass is 79.9. The third kappa shape index (κ3) is 4.36. The molecule has 0 spiro atoms. The van der Waals surface area contributed by atoms with E-state index in [2.05, 4.69) is 26.6 Å². The zero-order valence-corrected chi connectivity index (χ0v) is 16.2. The predicted molar refractivity (Wildman–Crippen MR) is 107 cm³/mol. The minimum Gasteiger partial charge on any atom is -0.488 e. The van der Waals surface area contributed by atoms with Crippen LogP contribution in [0.2, 0.25) is 0 Å². The van der Waals surface area contributed by atoms with Crippen LogP contribution >= 0.6 is 28.1 Å². The lowest BCUT2D eigenvalue weighted by molar-refractivity contribution is -0.123. The van der Waals surface area contributed by atoms with Gasteiger partial charge in [-0.05, 0) is 64.4 Å². The van der Waals surface area contributed by atoms with Gasteiger partial charge in [-0.3, -0.25) is 20.2 Å². The Morgan fingerprint density at radius 1 is 1.08 bits per heavy atom. The summed E-state index contributed by atoms with van der Waals surface area (Å²) in [4.78, 5) is 23.8. The van der Waals surface area contributed by atoms with E-state index in [4.69, 9.17) is 17.0 Å². The number of ether oxygens (including phenoxy) is 1. The Labute approximate surface area is 164 Å².